The van der Waals surface area contributed by atoms with Gasteiger partial charge >= 0.3 is 5.69 Å². The first-order chi connectivity index (χ1) is 13.5. The lowest BCUT2D eigenvalue weighted by molar-refractivity contribution is 0.284. The highest BCUT2D eigenvalue weighted by molar-refractivity contribution is 5.76. The van der Waals surface area contributed by atoms with Crippen LogP contribution in [-0.2, 0) is 27.2 Å². The van der Waals surface area contributed by atoms with E-state index in [9.17, 15) is 4.79 Å². The lowest BCUT2D eigenvalue weighted by Crippen LogP contribution is -2.19. The number of benzene rings is 2. The van der Waals surface area contributed by atoms with E-state index in [-0.39, 0.29) is 5.69 Å². The number of ether oxygens (including phenoxy) is 2. The molecule has 28 heavy (non-hydrogen) atoms. The second-order valence-electron chi connectivity index (χ2n) is 7.03. The SMILES string of the molecule is CCCCNCc1ccc(OCc2ccc3c(c2)n(C)c(=O)n3C)c(OC)c1. The molecule has 3 rings (SSSR count). The van der Waals surface area contributed by atoms with Crippen LogP contribution in [0.25, 0.3) is 11.0 Å². The molecule has 0 amide bonds. The van der Waals surface area contributed by atoms with Gasteiger partial charge in [-0.3, -0.25) is 9.13 Å². The first-order valence-corrected chi connectivity index (χ1v) is 9.70. The van der Waals surface area contributed by atoms with Crippen molar-refractivity contribution in [2.45, 2.75) is 32.9 Å². The van der Waals surface area contributed by atoms with Crippen LogP contribution in [0.15, 0.2) is 41.2 Å². The van der Waals surface area contributed by atoms with Crippen molar-refractivity contribution in [3.63, 3.8) is 0 Å². The minimum absolute atomic E-state index is 0.0297. The number of hydrogen-bond donors (Lipinski definition) is 1. The number of aromatic nitrogens is 2. The van der Waals surface area contributed by atoms with Crippen molar-refractivity contribution in [1.82, 2.24) is 14.5 Å². The molecule has 2 aromatic carbocycles. The molecule has 0 unspecified atom stereocenters. The zero-order valence-electron chi connectivity index (χ0n) is 17.1. The highest BCUT2D eigenvalue weighted by Gasteiger charge is 2.10. The Balaban J connectivity index is 1.70. The van der Waals surface area contributed by atoms with E-state index in [2.05, 4.69) is 18.3 Å². The molecular weight excluding hydrogens is 354 g/mol. The summed E-state index contributed by atoms with van der Waals surface area (Å²) in [5, 5.41) is 3.43. The lowest BCUT2D eigenvalue weighted by Gasteiger charge is -2.13. The summed E-state index contributed by atoms with van der Waals surface area (Å²) in [5.41, 5.74) is 3.95. The highest BCUT2D eigenvalue weighted by Crippen LogP contribution is 2.29. The topological polar surface area (TPSA) is 57.4 Å². The Morgan fingerprint density at radius 1 is 0.964 bits per heavy atom. The first kappa shape index (κ1) is 20.0. The Bertz CT molecular complexity index is 1000. The van der Waals surface area contributed by atoms with Crippen molar-refractivity contribution in [2.24, 2.45) is 14.1 Å². The van der Waals surface area contributed by atoms with Crippen molar-refractivity contribution in [3.05, 3.63) is 58.0 Å². The molecule has 1 aromatic heterocycles. The molecule has 0 spiro atoms. The van der Waals surface area contributed by atoms with Crippen LogP contribution in [0.5, 0.6) is 11.5 Å². The van der Waals surface area contributed by atoms with Crippen LogP contribution in [-0.4, -0.2) is 22.8 Å². The van der Waals surface area contributed by atoms with Gasteiger partial charge in [-0.15, -0.1) is 0 Å². The number of nitrogens with one attached hydrogen (secondary N) is 1. The van der Waals surface area contributed by atoms with Crippen molar-refractivity contribution in [1.29, 1.82) is 0 Å². The molecule has 0 aliphatic rings. The molecule has 1 N–H and O–H groups in total. The molecule has 0 bridgehead atoms. The van der Waals surface area contributed by atoms with E-state index in [1.165, 1.54) is 18.4 Å². The fraction of sp³-hybridized carbons (Fsp3) is 0.409. The summed E-state index contributed by atoms with van der Waals surface area (Å²) < 4.78 is 14.8. The first-order valence-electron chi connectivity index (χ1n) is 9.70. The third-order valence-electron chi connectivity index (χ3n) is 5.00. The van der Waals surface area contributed by atoms with E-state index in [4.69, 9.17) is 9.47 Å². The van der Waals surface area contributed by atoms with Gasteiger partial charge in [-0.2, -0.15) is 0 Å². The van der Waals surface area contributed by atoms with E-state index in [0.29, 0.717) is 12.4 Å². The third-order valence-corrected chi connectivity index (χ3v) is 5.00. The molecule has 0 aliphatic carbocycles. The summed E-state index contributed by atoms with van der Waals surface area (Å²) in [7, 11) is 5.22. The summed E-state index contributed by atoms with van der Waals surface area (Å²) in [6.07, 6.45) is 2.36. The number of imidazole rings is 1. The summed E-state index contributed by atoms with van der Waals surface area (Å²) >= 11 is 0. The maximum absolute atomic E-state index is 12.1. The number of nitrogens with zero attached hydrogens (tertiary/aromatic N) is 2. The van der Waals surface area contributed by atoms with Crippen LogP contribution in [0.2, 0.25) is 0 Å². The summed E-state index contributed by atoms with van der Waals surface area (Å²) in [5.74, 6) is 1.44. The summed E-state index contributed by atoms with van der Waals surface area (Å²) in [4.78, 5) is 12.1. The molecule has 1 heterocycles. The number of hydrogen-bond acceptors (Lipinski definition) is 4. The summed E-state index contributed by atoms with van der Waals surface area (Å²) in [6.45, 7) is 4.42. The molecule has 0 atom stereocenters. The molecule has 6 nitrogen and oxygen atoms in total. The van der Waals surface area contributed by atoms with Gasteiger partial charge in [-0.1, -0.05) is 25.5 Å². The maximum atomic E-state index is 12.1. The Labute approximate surface area is 165 Å². The van der Waals surface area contributed by atoms with Gasteiger partial charge in [0.15, 0.2) is 11.5 Å². The maximum Gasteiger partial charge on any atom is 0.328 e. The second-order valence-corrected chi connectivity index (χ2v) is 7.03. The zero-order valence-corrected chi connectivity index (χ0v) is 17.1. The Morgan fingerprint density at radius 3 is 2.46 bits per heavy atom. The van der Waals surface area contributed by atoms with Crippen LogP contribution in [0.3, 0.4) is 0 Å². The van der Waals surface area contributed by atoms with Gasteiger partial charge in [0.05, 0.1) is 18.1 Å². The Hall–Kier alpha value is -2.73. The average molecular weight is 383 g/mol. The van der Waals surface area contributed by atoms with Gasteiger partial charge in [0, 0.05) is 20.6 Å². The molecule has 3 aromatic rings. The quantitative estimate of drug-likeness (QED) is 0.576. The number of methoxy groups -OCH3 is 1. The van der Waals surface area contributed by atoms with Gasteiger partial charge < -0.3 is 14.8 Å². The predicted octanol–water partition coefficient (Wildman–Crippen LogP) is 3.35. The number of fused-ring (bicyclic) bond motifs is 1. The molecule has 6 heteroatoms. The largest absolute Gasteiger partial charge is 0.493 e. The van der Waals surface area contributed by atoms with Gasteiger partial charge in [0.2, 0.25) is 0 Å². The Morgan fingerprint density at radius 2 is 1.71 bits per heavy atom. The predicted molar refractivity (Wildman–Crippen MR) is 112 cm³/mol. The highest BCUT2D eigenvalue weighted by atomic mass is 16.5. The normalized spacial score (nSPS) is 11.1. The van der Waals surface area contributed by atoms with Crippen molar-refractivity contribution in [3.8, 4) is 11.5 Å². The number of rotatable bonds is 9. The van der Waals surface area contributed by atoms with Gasteiger partial charge in [0.1, 0.15) is 6.61 Å². The van der Waals surface area contributed by atoms with Gasteiger partial charge in [-0.05, 0) is 48.4 Å². The van der Waals surface area contributed by atoms with Gasteiger partial charge in [-0.25, -0.2) is 4.79 Å². The minimum atomic E-state index is -0.0297. The van der Waals surface area contributed by atoms with Crippen LogP contribution in [0, 0.1) is 0 Å². The average Bonchev–Trinajstić information content (AvgIpc) is 2.93. The fourth-order valence-electron chi connectivity index (χ4n) is 3.28. The standard InChI is InChI=1S/C22H29N3O3/c1-5-6-11-23-14-16-8-10-20(21(13-16)27-4)28-15-17-7-9-18-19(12-17)25(3)22(26)24(18)2/h7-10,12-13,23H,5-6,11,14-15H2,1-4H3. The molecule has 0 fully saturated rings. The zero-order chi connectivity index (χ0) is 20.1. The van der Waals surface area contributed by atoms with E-state index >= 15 is 0 Å². The second kappa shape index (κ2) is 8.97. The van der Waals surface area contributed by atoms with E-state index in [1.54, 1.807) is 30.3 Å². The Kier molecular flexibility index (Phi) is 6.41. The van der Waals surface area contributed by atoms with Crippen molar-refractivity contribution in [2.75, 3.05) is 13.7 Å². The van der Waals surface area contributed by atoms with E-state index in [0.717, 1.165) is 35.4 Å². The minimum Gasteiger partial charge on any atom is -0.493 e. The number of unbranched alkanes of at least 4 members (excludes halogenated alkanes) is 1. The van der Waals surface area contributed by atoms with Crippen LogP contribution >= 0.6 is 0 Å². The fourth-order valence-corrected chi connectivity index (χ4v) is 3.28. The third kappa shape index (κ3) is 4.22. The van der Waals surface area contributed by atoms with Crippen LogP contribution < -0.4 is 20.5 Å². The molecule has 0 radical (unpaired) electrons. The lowest BCUT2D eigenvalue weighted by atomic mass is 10.2. The molecular formula is C22H29N3O3. The van der Waals surface area contributed by atoms with Crippen LogP contribution in [0.4, 0.5) is 0 Å². The van der Waals surface area contributed by atoms with E-state index < -0.39 is 0 Å². The number of aryl methyl sites for hydroxylation is 2. The summed E-state index contributed by atoms with van der Waals surface area (Å²) in [6, 6.07) is 12.0. The smallest absolute Gasteiger partial charge is 0.328 e. The molecule has 150 valence electrons. The molecule has 0 aliphatic heterocycles. The monoisotopic (exact) mass is 383 g/mol. The van der Waals surface area contributed by atoms with Crippen LogP contribution in [0.1, 0.15) is 30.9 Å². The molecule has 0 saturated carbocycles. The van der Waals surface area contributed by atoms with E-state index in [1.807, 2.05) is 30.3 Å². The van der Waals surface area contributed by atoms with Crippen molar-refractivity contribution >= 4 is 11.0 Å². The van der Waals surface area contributed by atoms with Gasteiger partial charge in [0.25, 0.3) is 0 Å². The van der Waals surface area contributed by atoms with Crippen molar-refractivity contribution < 1.29 is 9.47 Å². The molecule has 0 saturated heterocycles.